The topological polar surface area (TPSA) is 70.9 Å². The van der Waals surface area contributed by atoms with E-state index in [4.69, 9.17) is 4.84 Å². The Labute approximate surface area is 149 Å². The number of amides is 1. The van der Waals surface area contributed by atoms with Crippen LogP contribution in [0.1, 0.15) is 18.1 Å². The lowest BCUT2D eigenvalue weighted by atomic mass is 10.1. The Morgan fingerprint density at radius 3 is 2.83 bits per heavy atom. The maximum absolute atomic E-state index is 11.8. The van der Waals surface area contributed by atoms with Gasteiger partial charge in [-0.25, -0.2) is 0 Å². The van der Waals surface area contributed by atoms with Gasteiger partial charge in [-0.2, -0.15) is 0 Å². The zero-order valence-electron chi connectivity index (χ0n) is 13.3. The van der Waals surface area contributed by atoms with Gasteiger partial charge in [-0.3, -0.25) is 4.79 Å². The molecule has 126 valence electrons. The van der Waals surface area contributed by atoms with Crippen molar-refractivity contribution in [2.45, 2.75) is 19.4 Å². The number of phenolic OH excluding ortho intramolecular Hbond substituents is 1. The maximum Gasteiger partial charge on any atom is 0.260 e. The molecule has 0 radical (unpaired) electrons. The van der Waals surface area contributed by atoms with E-state index in [1.807, 2.05) is 37.3 Å². The van der Waals surface area contributed by atoms with Crippen molar-refractivity contribution in [3.05, 3.63) is 64.1 Å². The highest BCUT2D eigenvalue weighted by Gasteiger charge is 2.08. The summed E-state index contributed by atoms with van der Waals surface area (Å²) >= 11 is 3.31. The van der Waals surface area contributed by atoms with Gasteiger partial charge >= 0.3 is 0 Å². The molecule has 6 heteroatoms. The molecule has 2 rings (SSSR count). The first-order chi connectivity index (χ1) is 11.5. The first kappa shape index (κ1) is 18.0. The van der Waals surface area contributed by atoms with E-state index in [0.717, 1.165) is 16.5 Å². The molecule has 5 nitrogen and oxygen atoms in total. The molecule has 0 fully saturated rings. The Bertz CT molecular complexity index is 705. The molecular formula is C18H19BrN2O3. The van der Waals surface area contributed by atoms with Crippen LogP contribution in [-0.4, -0.2) is 29.9 Å². The van der Waals surface area contributed by atoms with Crippen molar-refractivity contribution in [2.75, 3.05) is 6.61 Å². The average Bonchev–Trinajstić information content (AvgIpc) is 2.55. The van der Waals surface area contributed by atoms with Gasteiger partial charge in [0.1, 0.15) is 5.75 Å². The number of oxime groups is 1. The SMILES string of the molecule is C[C@@H](Cc1ccccc1)NC(=O)CO/N=C\c1cc(Br)ccc1O. The minimum Gasteiger partial charge on any atom is -0.507 e. The second-order valence-corrected chi connectivity index (χ2v) is 6.29. The summed E-state index contributed by atoms with van der Waals surface area (Å²) in [6.07, 6.45) is 2.11. The number of carbonyl (C=O) groups is 1. The molecule has 0 aromatic heterocycles. The van der Waals surface area contributed by atoms with Crippen molar-refractivity contribution in [1.82, 2.24) is 5.32 Å². The molecule has 0 spiro atoms. The Hall–Kier alpha value is -2.34. The lowest BCUT2D eigenvalue weighted by Gasteiger charge is -2.13. The largest absolute Gasteiger partial charge is 0.507 e. The number of carbonyl (C=O) groups excluding carboxylic acids is 1. The summed E-state index contributed by atoms with van der Waals surface area (Å²) in [6.45, 7) is 1.76. The van der Waals surface area contributed by atoms with E-state index < -0.39 is 0 Å². The highest BCUT2D eigenvalue weighted by Crippen LogP contribution is 2.20. The number of benzene rings is 2. The third-order valence-electron chi connectivity index (χ3n) is 3.24. The molecule has 1 atom stereocenters. The maximum atomic E-state index is 11.8. The second kappa shape index (κ2) is 9.08. The highest BCUT2D eigenvalue weighted by molar-refractivity contribution is 9.10. The molecule has 0 aliphatic heterocycles. The Morgan fingerprint density at radius 1 is 1.33 bits per heavy atom. The summed E-state index contributed by atoms with van der Waals surface area (Å²) in [6, 6.07) is 14.9. The van der Waals surface area contributed by atoms with E-state index in [-0.39, 0.29) is 24.3 Å². The minimum atomic E-state index is -0.242. The zero-order chi connectivity index (χ0) is 17.4. The lowest BCUT2D eigenvalue weighted by Crippen LogP contribution is -2.36. The Kier molecular flexibility index (Phi) is 6.81. The summed E-state index contributed by atoms with van der Waals surface area (Å²) in [5.41, 5.74) is 1.66. The van der Waals surface area contributed by atoms with Crippen LogP contribution in [0.4, 0.5) is 0 Å². The van der Waals surface area contributed by atoms with Gasteiger partial charge in [0.25, 0.3) is 5.91 Å². The van der Waals surface area contributed by atoms with Crippen LogP contribution in [0.15, 0.2) is 58.2 Å². The number of nitrogens with one attached hydrogen (secondary N) is 1. The Morgan fingerprint density at radius 2 is 2.08 bits per heavy atom. The fourth-order valence-corrected chi connectivity index (χ4v) is 2.53. The molecule has 0 saturated heterocycles. The van der Waals surface area contributed by atoms with Crippen LogP contribution in [0, 0.1) is 0 Å². The van der Waals surface area contributed by atoms with Crippen molar-refractivity contribution in [3.8, 4) is 5.75 Å². The van der Waals surface area contributed by atoms with Crippen LogP contribution >= 0.6 is 15.9 Å². The van der Waals surface area contributed by atoms with Gasteiger partial charge in [-0.15, -0.1) is 0 Å². The smallest absolute Gasteiger partial charge is 0.260 e. The second-order valence-electron chi connectivity index (χ2n) is 5.37. The number of hydrogen-bond donors (Lipinski definition) is 2. The quantitative estimate of drug-likeness (QED) is 0.562. The predicted molar refractivity (Wildman–Crippen MR) is 97.1 cm³/mol. The van der Waals surface area contributed by atoms with Crippen LogP contribution in [0.2, 0.25) is 0 Å². The summed E-state index contributed by atoms with van der Waals surface area (Å²) in [5.74, 6) is -0.152. The van der Waals surface area contributed by atoms with Crippen molar-refractivity contribution in [1.29, 1.82) is 0 Å². The Balaban J connectivity index is 1.74. The minimum absolute atomic E-state index is 0.00148. The number of nitrogens with zero attached hydrogens (tertiary/aromatic N) is 1. The van der Waals surface area contributed by atoms with Gasteiger partial charge in [-0.1, -0.05) is 51.4 Å². The average molecular weight is 391 g/mol. The summed E-state index contributed by atoms with van der Waals surface area (Å²) in [4.78, 5) is 16.8. The molecule has 0 heterocycles. The molecule has 0 aliphatic rings. The van der Waals surface area contributed by atoms with Gasteiger partial charge in [0, 0.05) is 16.1 Å². The van der Waals surface area contributed by atoms with Gasteiger partial charge < -0.3 is 15.3 Å². The van der Waals surface area contributed by atoms with Gasteiger partial charge in [0.05, 0.1) is 6.21 Å². The van der Waals surface area contributed by atoms with Gasteiger partial charge in [-0.05, 0) is 37.1 Å². The fourth-order valence-electron chi connectivity index (χ4n) is 2.15. The molecule has 0 unspecified atom stereocenters. The van der Waals surface area contributed by atoms with Gasteiger partial charge in [0.15, 0.2) is 6.61 Å². The van der Waals surface area contributed by atoms with E-state index in [2.05, 4.69) is 26.4 Å². The monoisotopic (exact) mass is 390 g/mol. The van der Waals surface area contributed by atoms with E-state index in [1.165, 1.54) is 6.21 Å². The molecule has 2 N–H and O–H groups in total. The molecule has 0 bridgehead atoms. The van der Waals surface area contributed by atoms with Crippen molar-refractivity contribution in [2.24, 2.45) is 5.16 Å². The number of halogens is 1. The zero-order valence-corrected chi connectivity index (χ0v) is 14.9. The van der Waals surface area contributed by atoms with Crippen LogP contribution < -0.4 is 5.32 Å². The standard InChI is InChI=1S/C18H19BrN2O3/c1-13(9-14-5-3-2-4-6-14)21-18(23)12-24-20-11-15-10-16(19)7-8-17(15)22/h2-8,10-11,13,22H,9,12H2,1H3,(H,21,23)/b20-11-/t13-/m0/s1. The normalized spacial score (nSPS) is 12.1. The number of phenols is 1. The van der Waals surface area contributed by atoms with E-state index in [9.17, 15) is 9.90 Å². The van der Waals surface area contributed by atoms with Crippen LogP contribution in [0.3, 0.4) is 0 Å². The summed E-state index contributed by atoms with van der Waals surface area (Å²) in [5, 5.41) is 16.2. The molecule has 1 amide bonds. The first-order valence-electron chi connectivity index (χ1n) is 7.51. The molecule has 0 aliphatic carbocycles. The van der Waals surface area contributed by atoms with E-state index in [0.29, 0.717) is 5.56 Å². The lowest BCUT2D eigenvalue weighted by molar-refractivity contribution is -0.126. The van der Waals surface area contributed by atoms with E-state index >= 15 is 0 Å². The predicted octanol–water partition coefficient (Wildman–Crippen LogP) is 3.25. The number of rotatable bonds is 7. The fraction of sp³-hybridized carbons (Fsp3) is 0.222. The van der Waals surface area contributed by atoms with Gasteiger partial charge in [0.2, 0.25) is 0 Å². The molecular weight excluding hydrogens is 372 g/mol. The summed E-state index contributed by atoms with van der Waals surface area (Å²) in [7, 11) is 0. The number of hydrogen-bond acceptors (Lipinski definition) is 4. The molecule has 0 saturated carbocycles. The number of aromatic hydroxyl groups is 1. The van der Waals surface area contributed by atoms with Crippen LogP contribution in [0.25, 0.3) is 0 Å². The van der Waals surface area contributed by atoms with Crippen LogP contribution in [0.5, 0.6) is 5.75 Å². The molecule has 24 heavy (non-hydrogen) atoms. The van der Waals surface area contributed by atoms with E-state index in [1.54, 1.807) is 18.2 Å². The molecule has 2 aromatic rings. The van der Waals surface area contributed by atoms with Crippen molar-refractivity contribution >= 4 is 28.1 Å². The first-order valence-corrected chi connectivity index (χ1v) is 8.31. The van der Waals surface area contributed by atoms with Crippen LogP contribution in [-0.2, 0) is 16.1 Å². The third kappa shape index (κ3) is 6.04. The highest BCUT2D eigenvalue weighted by atomic mass is 79.9. The third-order valence-corrected chi connectivity index (χ3v) is 3.74. The molecule has 2 aromatic carbocycles. The van der Waals surface area contributed by atoms with Crippen molar-refractivity contribution < 1.29 is 14.7 Å². The summed E-state index contributed by atoms with van der Waals surface area (Å²) < 4.78 is 0.814. The van der Waals surface area contributed by atoms with Crippen molar-refractivity contribution in [3.63, 3.8) is 0 Å².